The Kier molecular flexibility index (Phi) is 8.67. The maximum Gasteiger partial charge on any atom is 0.120 e. The van der Waals surface area contributed by atoms with Gasteiger partial charge in [0.15, 0.2) is 0 Å². The Morgan fingerprint density at radius 3 is 2.20 bits per heavy atom. The quantitative estimate of drug-likeness (QED) is 0.347. The third kappa shape index (κ3) is 6.03. The summed E-state index contributed by atoms with van der Waals surface area (Å²) >= 11 is 0. The SMILES string of the molecule is CCCC(C)c1ccc(OC2CCC(Oc3ccc4c(c3)CCC=C4)CC2)cc1.I. The molecule has 1 atom stereocenters. The number of rotatable bonds is 7. The van der Waals surface area contributed by atoms with Crippen molar-refractivity contribution in [3.05, 3.63) is 65.2 Å². The molecule has 0 radical (unpaired) electrons. The molecule has 0 N–H and O–H groups in total. The first-order valence-corrected chi connectivity index (χ1v) is 11.4. The number of hydrogen-bond donors (Lipinski definition) is 0. The Balaban J connectivity index is 0.00000256. The van der Waals surface area contributed by atoms with Crippen molar-refractivity contribution in [1.82, 2.24) is 0 Å². The first-order valence-electron chi connectivity index (χ1n) is 11.4. The summed E-state index contributed by atoms with van der Waals surface area (Å²) in [7, 11) is 0. The van der Waals surface area contributed by atoms with Crippen LogP contribution in [0.2, 0.25) is 0 Å². The monoisotopic (exact) mass is 518 g/mol. The third-order valence-electron chi connectivity index (χ3n) is 6.39. The van der Waals surface area contributed by atoms with E-state index in [0.29, 0.717) is 18.1 Å². The zero-order valence-electron chi connectivity index (χ0n) is 18.3. The normalized spacial score (nSPS) is 21.3. The first-order chi connectivity index (χ1) is 14.2. The molecule has 2 nitrogen and oxygen atoms in total. The highest BCUT2D eigenvalue weighted by Gasteiger charge is 2.24. The summed E-state index contributed by atoms with van der Waals surface area (Å²) in [5, 5.41) is 0. The third-order valence-corrected chi connectivity index (χ3v) is 6.39. The lowest BCUT2D eigenvalue weighted by Gasteiger charge is -2.29. The number of ether oxygens (including phenoxy) is 2. The molecule has 2 aromatic carbocycles. The zero-order chi connectivity index (χ0) is 20.1. The number of aryl methyl sites for hydroxylation is 1. The molecule has 0 bridgehead atoms. The van der Waals surface area contributed by atoms with Gasteiger partial charge in [-0.2, -0.15) is 0 Å². The van der Waals surface area contributed by atoms with E-state index in [2.05, 4.69) is 68.5 Å². The lowest BCUT2D eigenvalue weighted by molar-refractivity contribution is 0.0806. The lowest BCUT2D eigenvalue weighted by atomic mass is 9.94. The molecule has 30 heavy (non-hydrogen) atoms. The van der Waals surface area contributed by atoms with Gasteiger partial charge in [-0.3, -0.25) is 0 Å². The second-order valence-electron chi connectivity index (χ2n) is 8.69. The van der Waals surface area contributed by atoms with E-state index < -0.39 is 0 Å². The van der Waals surface area contributed by atoms with Crippen LogP contribution < -0.4 is 9.47 Å². The Morgan fingerprint density at radius 1 is 0.900 bits per heavy atom. The van der Waals surface area contributed by atoms with Gasteiger partial charge in [-0.15, -0.1) is 24.0 Å². The molecule has 3 heteroatoms. The van der Waals surface area contributed by atoms with Crippen LogP contribution in [0, 0.1) is 0 Å². The van der Waals surface area contributed by atoms with Gasteiger partial charge in [0.05, 0.1) is 12.2 Å². The maximum atomic E-state index is 6.31. The van der Waals surface area contributed by atoms with E-state index in [1.54, 1.807) is 0 Å². The van der Waals surface area contributed by atoms with Gasteiger partial charge >= 0.3 is 0 Å². The predicted molar refractivity (Wildman–Crippen MR) is 136 cm³/mol. The molecule has 162 valence electrons. The molecule has 0 heterocycles. The molecule has 2 aliphatic carbocycles. The van der Waals surface area contributed by atoms with E-state index in [0.717, 1.165) is 50.0 Å². The van der Waals surface area contributed by atoms with Gasteiger partial charge in [0.25, 0.3) is 0 Å². The number of fused-ring (bicyclic) bond motifs is 1. The maximum absolute atomic E-state index is 6.31. The van der Waals surface area contributed by atoms with E-state index in [-0.39, 0.29) is 24.0 Å². The number of halogens is 1. The summed E-state index contributed by atoms with van der Waals surface area (Å²) in [6, 6.07) is 15.3. The lowest BCUT2D eigenvalue weighted by Crippen LogP contribution is -2.30. The second-order valence-corrected chi connectivity index (χ2v) is 8.69. The Labute approximate surface area is 199 Å². The molecule has 2 aliphatic rings. The molecule has 0 aliphatic heterocycles. The highest BCUT2D eigenvalue weighted by molar-refractivity contribution is 14.0. The zero-order valence-corrected chi connectivity index (χ0v) is 20.6. The summed E-state index contributed by atoms with van der Waals surface area (Å²) in [5.41, 5.74) is 4.17. The fraction of sp³-hybridized carbons (Fsp3) is 0.481. The molecule has 0 spiro atoms. The van der Waals surface area contributed by atoms with Gasteiger partial charge in [-0.1, -0.05) is 50.6 Å². The van der Waals surface area contributed by atoms with Crippen molar-refractivity contribution in [3.8, 4) is 11.5 Å². The summed E-state index contributed by atoms with van der Waals surface area (Å²) in [6.07, 6.45) is 14.1. The fourth-order valence-electron chi connectivity index (χ4n) is 4.61. The van der Waals surface area contributed by atoms with Crippen LogP contribution in [0.3, 0.4) is 0 Å². The van der Waals surface area contributed by atoms with Crippen molar-refractivity contribution in [1.29, 1.82) is 0 Å². The van der Waals surface area contributed by atoms with Crippen molar-refractivity contribution in [2.24, 2.45) is 0 Å². The molecule has 4 rings (SSSR count). The fourth-order valence-corrected chi connectivity index (χ4v) is 4.61. The minimum absolute atomic E-state index is 0. The molecule has 1 fully saturated rings. The average molecular weight is 518 g/mol. The smallest absolute Gasteiger partial charge is 0.120 e. The number of benzene rings is 2. The molecule has 0 saturated heterocycles. The minimum Gasteiger partial charge on any atom is -0.490 e. The van der Waals surface area contributed by atoms with Crippen molar-refractivity contribution in [2.75, 3.05) is 0 Å². The van der Waals surface area contributed by atoms with Gasteiger partial charge in [-0.05, 0) is 91.8 Å². The van der Waals surface area contributed by atoms with Gasteiger partial charge in [0.2, 0.25) is 0 Å². The average Bonchev–Trinajstić information content (AvgIpc) is 2.76. The van der Waals surface area contributed by atoms with Crippen LogP contribution in [-0.2, 0) is 6.42 Å². The van der Waals surface area contributed by atoms with Crippen LogP contribution in [0.15, 0.2) is 48.5 Å². The van der Waals surface area contributed by atoms with E-state index >= 15 is 0 Å². The summed E-state index contributed by atoms with van der Waals surface area (Å²) < 4.78 is 12.6. The van der Waals surface area contributed by atoms with Gasteiger partial charge < -0.3 is 9.47 Å². The number of hydrogen-bond acceptors (Lipinski definition) is 2. The van der Waals surface area contributed by atoms with Crippen LogP contribution in [0.5, 0.6) is 11.5 Å². The van der Waals surface area contributed by atoms with Crippen molar-refractivity contribution in [2.45, 2.75) is 83.3 Å². The Bertz CT molecular complexity index is 819. The highest BCUT2D eigenvalue weighted by atomic mass is 127. The highest BCUT2D eigenvalue weighted by Crippen LogP contribution is 2.30. The molecule has 2 aromatic rings. The summed E-state index contributed by atoms with van der Waals surface area (Å²) in [4.78, 5) is 0. The van der Waals surface area contributed by atoms with Crippen molar-refractivity contribution in [3.63, 3.8) is 0 Å². The molecule has 0 amide bonds. The van der Waals surface area contributed by atoms with Crippen LogP contribution in [0.1, 0.15) is 81.4 Å². The molecule has 0 aromatic heterocycles. The summed E-state index contributed by atoms with van der Waals surface area (Å²) in [5.74, 6) is 2.66. The van der Waals surface area contributed by atoms with Gasteiger partial charge in [0, 0.05) is 0 Å². The van der Waals surface area contributed by atoms with Gasteiger partial charge in [-0.25, -0.2) is 0 Å². The van der Waals surface area contributed by atoms with E-state index in [1.165, 1.54) is 29.5 Å². The minimum atomic E-state index is 0. The van der Waals surface area contributed by atoms with Crippen molar-refractivity contribution < 1.29 is 9.47 Å². The summed E-state index contributed by atoms with van der Waals surface area (Å²) in [6.45, 7) is 4.55. The largest absolute Gasteiger partial charge is 0.490 e. The Morgan fingerprint density at radius 2 is 1.53 bits per heavy atom. The first kappa shape index (κ1) is 23.2. The van der Waals surface area contributed by atoms with Crippen LogP contribution >= 0.6 is 24.0 Å². The van der Waals surface area contributed by atoms with Crippen molar-refractivity contribution >= 4 is 30.1 Å². The van der Waals surface area contributed by atoms with Gasteiger partial charge in [0.1, 0.15) is 11.5 Å². The second kappa shape index (κ2) is 11.2. The Hall–Kier alpha value is -1.49. The molecule has 1 saturated carbocycles. The standard InChI is InChI=1S/C27H34O2.HI/c1-3-6-20(2)21-9-12-24(13-10-21)28-25-15-17-26(18-16-25)29-27-14-11-22-7-4-5-8-23(22)19-27;/h4,7,9-14,19-20,25-26H,3,5-6,8,15-18H2,1-2H3;1H. The predicted octanol–water partition coefficient (Wildman–Crippen LogP) is 7.94. The number of allylic oxidation sites excluding steroid dienone is 1. The van der Waals surface area contributed by atoms with Crippen LogP contribution in [0.4, 0.5) is 0 Å². The van der Waals surface area contributed by atoms with E-state index in [9.17, 15) is 0 Å². The molecule has 1 unspecified atom stereocenters. The topological polar surface area (TPSA) is 18.5 Å². The van der Waals surface area contributed by atoms with E-state index in [4.69, 9.17) is 9.47 Å². The molecular formula is C27H35IO2. The van der Waals surface area contributed by atoms with E-state index in [1.807, 2.05) is 0 Å². The molecular weight excluding hydrogens is 483 g/mol. The van der Waals surface area contributed by atoms with Crippen LogP contribution in [-0.4, -0.2) is 12.2 Å². The van der Waals surface area contributed by atoms with Crippen LogP contribution in [0.25, 0.3) is 6.08 Å².